The Morgan fingerprint density at radius 1 is 0.939 bits per heavy atom. The van der Waals surface area contributed by atoms with Crippen molar-refractivity contribution in [2.45, 2.75) is 69.8 Å². The lowest BCUT2D eigenvalue weighted by Gasteiger charge is -2.29. The summed E-state index contributed by atoms with van der Waals surface area (Å²) < 4.78 is 0. The lowest BCUT2D eigenvalue weighted by atomic mass is 9.94. The van der Waals surface area contributed by atoms with Gasteiger partial charge in [-0.1, -0.05) is 38.1 Å². The van der Waals surface area contributed by atoms with Crippen LogP contribution in [-0.2, 0) is 43.2 Å². The van der Waals surface area contributed by atoms with Crippen molar-refractivity contribution in [3.63, 3.8) is 0 Å². The molecule has 0 spiro atoms. The van der Waals surface area contributed by atoms with Crippen molar-refractivity contribution in [1.29, 1.82) is 0 Å². The molecule has 0 aromatic heterocycles. The first-order valence-corrected chi connectivity index (χ1v) is 18.3. The number of aromatic hydroxyl groups is 1. The third-order valence-corrected chi connectivity index (χ3v) is 9.72. The fraction of sp³-hybridized carbons (Fsp3) is 0.500. The summed E-state index contributed by atoms with van der Waals surface area (Å²) in [5.41, 5.74) is 8.63. The number of thioether (sulfide) groups is 2. The highest BCUT2D eigenvalue weighted by molar-refractivity contribution is 8.02. The molecule has 0 saturated heterocycles. The fourth-order valence-electron chi connectivity index (χ4n) is 5.26. The molecule has 0 saturated carbocycles. The van der Waals surface area contributed by atoms with Gasteiger partial charge >= 0.3 is 5.97 Å². The number of carbonyl (C=O) groups excluding carboxylic acids is 4. The zero-order chi connectivity index (χ0) is 36.7. The van der Waals surface area contributed by atoms with Gasteiger partial charge in [-0.2, -0.15) is 23.5 Å². The van der Waals surface area contributed by atoms with E-state index in [4.69, 9.17) is 15.9 Å². The summed E-state index contributed by atoms with van der Waals surface area (Å²) in [5.74, 6) is -1.46. The van der Waals surface area contributed by atoms with E-state index in [1.807, 2.05) is 35.7 Å². The van der Waals surface area contributed by atoms with E-state index in [1.54, 1.807) is 38.1 Å². The molecule has 2 aromatic carbocycles. The number of nitrogens with one attached hydrogen (secondary N) is 4. The molecule has 2 aromatic rings. The Bertz CT molecular complexity index is 1420. The smallest absolute Gasteiger partial charge is 0.328 e. The Morgan fingerprint density at radius 2 is 1.51 bits per heavy atom. The van der Waals surface area contributed by atoms with Gasteiger partial charge in [0.15, 0.2) is 0 Å². The number of amides is 4. The van der Waals surface area contributed by atoms with E-state index in [-0.39, 0.29) is 25.0 Å². The minimum Gasteiger partial charge on any atom is -0.508 e. The highest BCUT2D eigenvalue weighted by atomic mass is 32.2. The molecule has 4 amide bonds. The number of phenolic OH excluding ortho intramolecular Hbond substituents is 1. The number of aliphatic hydroxyl groups is 1. The molecular weight excluding hydrogens is 671 g/mol. The third-order valence-electron chi connectivity index (χ3n) is 7.74. The number of phenols is 1. The van der Waals surface area contributed by atoms with Crippen molar-refractivity contribution in [3.8, 4) is 5.75 Å². The molecular formula is C34H49N5O8S2. The molecule has 15 heteroatoms. The van der Waals surface area contributed by atoms with Crippen LogP contribution in [0.5, 0.6) is 5.75 Å². The second-order valence-electron chi connectivity index (χ2n) is 12.1. The van der Waals surface area contributed by atoms with Gasteiger partial charge in [-0.15, -0.1) is 0 Å². The largest absolute Gasteiger partial charge is 0.508 e. The molecule has 0 heterocycles. The van der Waals surface area contributed by atoms with Crippen LogP contribution in [0.2, 0.25) is 0 Å². The molecule has 1 aliphatic rings. The Morgan fingerprint density at radius 3 is 2.02 bits per heavy atom. The number of carboxylic acid groups (broad SMARTS) is 1. The first-order chi connectivity index (χ1) is 23.1. The summed E-state index contributed by atoms with van der Waals surface area (Å²) in [6, 6.07) is 7.87. The average molecular weight is 720 g/mol. The van der Waals surface area contributed by atoms with Crippen molar-refractivity contribution in [2.75, 3.05) is 37.5 Å². The van der Waals surface area contributed by atoms with Crippen LogP contribution in [0.15, 0.2) is 36.4 Å². The number of aliphatic hydroxyl groups excluding tert-OH is 1. The van der Waals surface area contributed by atoms with Gasteiger partial charge in [0.2, 0.25) is 23.6 Å². The molecule has 0 radical (unpaired) electrons. The van der Waals surface area contributed by atoms with Crippen LogP contribution in [0.1, 0.15) is 41.7 Å². The number of nitrogens with two attached hydrogens (primary N) is 1. The fourth-order valence-corrected chi connectivity index (χ4v) is 6.79. The minimum atomic E-state index is -1.53. The average Bonchev–Trinajstić information content (AvgIpc) is 3.42. The number of carbonyl (C=O) groups is 5. The number of aliphatic carboxylic acids is 1. The predicted molar refractivity (Wildman–Crippen MR) is 193 cm³/mol. The van der Waals surface area contributed by atoms with E-state index in [9.17, 15) is 29.1 Å². The van der Waals surface area contributed by atoms with Crippen LogP contribution >= 0.6 is 23.5 Å². The van der Waals surface area contributed by atoms with E-state index in [2.05, 4.69) is 41.4 Å². The maximum Gasteiger partial charge on any atom is 0.328 e. The van der Waals surface area contributed by atoms with Crippen LogP contribution in [0.3, 0.4) is 0 Å². The number of fused-ring (bicyclic) bond motifs is 1. The number of aryl methyl sites for hydroxylation is 2. The predicted octanol–water partition coefficient (Wildman–Crippen LogP) is 0.818. The minimum absolute atomic E-state index is 0.112. The lowest BCUT2D eigenvalue weighted by Crippen LogP contribution is -2.62. The molecule has 49 heavy (non-hydrogen) atoms. The van der Waals surface area contributed by atoms with Crippen molar-refractivity contribution >= 4 is 53.1 Å². The third kappa shape index (κ3) is 13.2. The maximum absolute atomic E-state index is 13.3. The Kier molecular flexibility index (Phi) is 16.9. The molecule has 0 aliphatic heterocycles. The van der Waals surface area contributed by atoms with Crippen molar-refractivity contribution in [1.82, 2.24) is 21.3 Å². The molecule has 9 N–H and O–H groups in total. The molecule has 3 rings (SSSR count). The standard InChI is InChI=1S/C28H35N5O8.C6H14S2/c1-15-7-19(35)8-16(2)20(15)9-21(29)25(38)30-13-24(37)33-28(10-17-5-3-4-6-18(17)11-28)27(41)31-12-23(36)32-22(14-34)26(39)40;1-6(2)8-5-4-7-3/h3-8,21-22,34-35H,9-14,29H2,1-2H3,(H,30,38)(H,31,41)(H,32,36)(H,33,37)(H,39,40);6H,4-5H2,1-3H3. The van der Waals surface area contributed by atoms with Crippen molar-refractivity contribution in [2.24, 2.45) is 5.73 Å². The molecule has 0 fully saturated rings. The summed E-state index contributed by atoms with van der Waals surface area (Å²) in [7, 11) is 0. The van der Waals surface area contributed by atoms with Crippen LogP contribution in [0.25, 0.3) is 0 Å². The van der Waals surface area contributed by atoms with E-state index in [1.165, 1.54) is 11.5 Å². The SMILES string of the molecule is CSCCSC(C)C.Cc1cc(O)cc(C)c1CC(N)C(=O)NCC(=O)NC1(C(=O)NCC(=O)NC(CO)C(=O)O)Cc2ccccc2C1. The highest BCUT2D eigenvalue weighted by Gasteiger charge is 2.45. The number of hydrogen-bond donors (Lipinski definition) is 8. The van der Waals surface area contributed by atoms with Crippen molar-refractivity contribution < 1.29 is 39.3 Å². The van der Waals surface area contributed by atoms with Gasteiger partial charge in [0, 0.05) is 24.3 Å². The second-order valence-corrected chi connectivity index (χ2v) is 14.7. The van der Waals surface area contributed by atoms with E-state index in [0.29, 0.717) is 0 Å². The Hall–Kier alpha value is -3.79. The second kappa shape index (κ2) is 20.0. The van der Waals surface area contributed by atoms with Gasteiger partial charge < -0.3 is 42.3 Å². The van der Waals surface area contributed by atoms with Crippen LogP contribution < -0.4 is 27.0 Å². The number of carboxylic acids is 1. The summed E-state index contributed by atoms with van der Waals surface area (Å²) in [4.78, 5) is 62.1. The molecule has 2 atom stereocenters. The molecule has 2 unspecified atom stereocenters. The molecule has 0 bridgehead atoms. The molecule has 1 aliphatic carbocycles. The van der Waals surface area contributed by atoms with E-state index < -0.39 is 66.9 Å². The zero-order valence-corrected chi connectivity index (χ0v) is 30.3. The van der Waals surface area contributed by atoms with Gasteiger partial charge in [0.25, 0.3) is 0 Å². The highest BCUT2D eigenvalue weighted by Crippen LogP contribution is 2.30. The van der Waals surface area contributed by atoms with Gasteiger partial charge in [0.1, 0.15) is 17.3 Å². The number of rotatable bonds is 16. The van der Waals surface area contributed by atoms with Crippen LogP contribution in [0.4, 0.5) is 0 Å². The summed E-state index contributed by atoms with van der Waals surface area (Å²) in [6.07, 6.45) is 2.60. The van der Waals surface area contributed by atoms with E-state index in [0.717, 1.165) is 33.1 Å². The number of benzene rings is 2. The Labute approximate surface area is 295 Å². The summed E-state index contributed by atoms with van der Waals surface area (Å²) >= 11 is 3.96. The first-order valence-electron chi connectivity index (χ1n) is 15.8. The van der Waals surface area contributed by atoms with Gasteiger partial charge in [-0.3, -0.25) is 19.2 Å². The van der Waals surface area contributed by atoms with Gasteiger partial charge in [0.05, 0.1) is 25.7 Å². The summed E-state index contributed by atoms with van der Waals surface area (Å²) in [5, 5.41) is 38.3. The zero-order valence-electron chi connectivity index (χ0n) is 28.6. The molecule has 13 nitrogen and oxygen atoms in total. The first kappa shape index (κ1) is 41.4. The quantitative estimate of drug-likeness (QED) is 0.114. The monoisotopic (exact) mass is 719 g/mol. The van der Waals surface area contributed by atoms with E-state index >= 15 is 0 Å². The van der Waals surface area contributed by atoms with Crippen LogP contribution in [-0.4, -0.2) is 105 Å². The Balaban J connectivity index is 0.000000924. The van der Waals surface area contributed by atoms with Gasteiger partial charge in [-0.05, 0) is 71.7 Å². The van der Waals surface area contributed by atoms with Crippen LogP contribution in [0, 0.1) is 13.8 Å². The van der Waals surface area contributed by atoms with Crippen molar-refractivity contribution in [3.05, 3.63) is 64.2 Å². The maximum atomic E-state index is 13.3. The lowest BCUT2D eigenvalue weighted by molar-refractivity contribution is -0.143. The normalized spacial score (nSPS) is 14.0. The summed E-state index contributed by atoms with van der Waals surface area (Å²) in [6.45, 7) is 6.21. The molecule has 270 valence electrons. The van der Waals surface area contributed by atoms with Gasteiger partial charge in [-0.25, -0.2) is 4.79 Å². The number of hydrogen-bond acceptors (Lipinski definition) is 10. The topological polar surface area (TPSA) is 220 Å².